The molecule has 0 aromatic carbocycles. The molecule has 18 heavy (non-hydrogen) atoms. The van der Waals surface area contributed by atoms with Gasteiger partial charge in [0.25, 0.3) is 5.91 Å². The van der Waals surface area contributed by atoms with Crippen LogP contribution in [-0.4, -0.2) is 24.0 Å². The predicted molar refractivity (Wildman–Crippen MR) is 72.0 cm³/mol. The summed E-state index contributed by atoms with van der Waals surface area (Å²) in [5.74, 6) is 5.96. The molecule has 1 aromatic heterocycles. The van der Waals surface area contributed by atoms with Crippen LogP contribution in [0.1, 0.15) is 36.2 Å². The molecule has 0 aliphatic carbocycles. The lowest BCUT2D eigenvalue weighted by atomic mass is 10.1. The van der Waals surface area contributed by atoms with E-state index in [0.717, 1.165) is 6.42 Å². The Hall–Kier alpha value is -1.86. The Bertz CT molecular complexity index is 460. The van der Waals surface area contributed by atoms with Crippen LogP contribution in [0.5, 0.6) is 0 Å². The minimum absolute atomic E-state index is 0.112. The summed E-state index contributed by atoms with van der Waals surface area (Å²) in [7, 11) is 0. The van der Waals surface area contributed by atoms with Gasteiger partial charge in [0.05, 0.1) is 12.1 Å². The monoisotopic (exact) mass is 245 g/mol. The summed E-state index contributed by atoms with van der Waals surface area (Å²) in [6, 6.07) is 1.72. The van der Waals surface area contributed by atoms with E-state index in [1.54, 1.807) is 18.5 Å². The molecule has 1 aromatic rings. The minimum Gasteiger partial charge on any atom is -0.352 e. The summed E-state index contributed by atoms with van der Waals surface area (Å²) in [5.41, 5.74) is 6.53. The lowest BCUT2D eigenvalue weighted by Gasteiger charge is -2.09. The van der Waals surface area contributed by atoms with Gasteiger partial charge < -0.3 is 11.1 Å². The number of nitrogens with one attached hydrogen (secondary N) is 1. The lowest BCUT2D eigenvalue weighted by molar-refractivity contribution is 0.0947. The predicted octanol–water partition coefficient (Wildman–Crippen LogP) is 1.17. The Morgan fingerprint density at radius 2 is 2.33 bits per heavy atom. The van der Waals surface area contributed by atoms with Crippen molar-refractivity contribution in [3.8, 4) is 11.8 Å². The van der Waals surface area contributed by atoms with Crippen molar-refractivity contribution in [2.75, 3.05) is 13.1 Å². The van der Waals surface area contributed by atoms with Crippen molar-refractivity contribution in [2.45, 2.75) is 20.3 Å². The van der Waals surface area contributed by atoms with Gasteiger partial charge in [-0.1, -0.05) is 32.1 Å². The van der Waals surface area contributed by atoms with Crippen molar-refractivity contribution in [3.63, 3.8) is 0 Å². The zero-order valence-corrected chi connectivity index (χ0v) is 10.9. The molecule has 3 N–H and O–H groups in total. The number of amides is 1. The van der Waals surface area contributed by atoms with Gasteiger partial charge >= 0.3 is 0 Å². The number of hydrogen-bond donors (Lipinski definition) is 2. The van der Waals surface area contributed by atoms with Gasteiger partial charge in [0.1, 0.15) is 0 Å². The van der Waals surface area contributed by atoms with E-state index in [4.69, 9.17) is 5.73 Å². The highest BCUT2D eigenvalue weighted by atomic mass is 16.1. The van der Waals surface area contributed by atoms with Gasteiger partial charge in [0, 0.05) is 24.5 Å². The first-order valence-corrected chi connectivity index (χ1v) is 6.09. The molecule has 0 radical (unpaired) electrons. The number of nitrogens with two attached hydrogens (primary N) is 1. The molecule has 4 nitrogen and oxygen atoms in total. The average Bonchev–Trinajstić information content (AvgIpc) is 2.42. The second kappa shape index (κ2) is 7.46. The van der Waals surface area contributed by atoms with E-state index < -0.39 is 0 Å². The zero-order chi connectivity index (χ0) is 13.4. The van der Waals surface area contributed by atoms with Crippen molar-refractivity contribution in [1.29, 1.82) is 0 Å². The molecular formula is C14H19N3O. The summed E-state index contributed by atoms with van der Waals surface area (Å²) in [4.78, 5) is 15.9. The second-order valence-electron chi connectivity index (χ2n) is 4.19. The molecule has 1 unspecified atom stereocenters. The Kier molecular flexibility index (Phi) is 5.89. The number of hydrogen-bond acceptors (Lipinski definition) is 3. The highest BCUT2D eigenvalue weighted by molar-refractivity contribution is 5.94. The first-order chi connectivity index (χ1) is 8.67. The molecule has 4 heteroatoms. The number of nitrogens with zero attached hydrogens (tertiary/aromatic N) is 1. The molecule has 1 rings (SSSR count). The molecule has 96 valence electrons. The minimum atomic E-state index is -0.112. The number of carbonyl (C=O) groups is 1. The van der Waals surface area contributed by atoms with Crippen LogP contribution in [0.25, 0.3) is 0 Å². The smallest absolute Gasteiger partial charge is 0.252 e. The van der Waals surface area contributed by atoms with E-state index in [1.807, 2.05) is 0 Å². The first kappa shape index (κ1) is 14.2. The third-order valence-corrected chi connectivity index (χ3v) is 2.64. The molecular weight excluding hydrogens is 226 g/mol. The van der Waals surface area contributed by atoms with E-state index in [1.165, 1.54) is 0 Å². The fourth-order valence-corrected chi connectivity index (χ4v) is 1.30. The van der Waals surface area contributed by atoms with Gasteiger partial charge in [-0.2, -0.15) is 0 Å². The standard InChI is InChI=1S/C14H19N3O/c1-3-11(2)8-17-14(18)13-7-12(5-4-6-15)9-16-10-13/h7,9-11H,3,6,8,15H2,1-2H3,(H,17,18). The van der Waals surface area contributed by atoms with Gasteiger partial charge in [-0.05, 0) is 12.0 Å². The quantitative estimate of drug-likeness (QED) is 0.782. The van der Waals surface area contributed by atoms with Crippen molar-refractivity contribution in [3.05, 3.63) is 29.6 Å². The normalized spacial score (nSPS) is 11.3. The van der Waals surface area contributed by atoms with Crippen molar-refractivity contribution < 1.29 is 4.79 Å². The molecule has 0 bridgehead atoms. The molecule has 0 fully saturated rings. The molecule has 0 saturated heterocycles. The largest absolute Gasteiger partial charge is 0.352 e. The van der Waals surface area contributed by atoms with E-state index in [0.29, 0.717) is 30.1 Å². The Labute approximate surface area is 108 Å². The Balaban J connectivity index is 2.68. The fourth-order valence-electron chi connectivity index (χ4n) is 1.30. The van der Waals surface area contributed by atoms with Gasteiger partial charge in [0.2, 0.25) is 0 Å². The Morgan fingerprint density at radius 1 is 1.56 bits per heavy atom. The topological polar surface area (TPSA) is 68.0 Å². The maximum Gasteiger partial charge on any atom is 0.252 e. The summed E-state index contributed by atoms with van der Waals surface area (Å²) in [5, 5.41) is 2.88. The number of pyridine rings is 1. The van der Waals surface area contributed by atoms with Gasteiger partial charge in [-0.3, -0.25) is 9.78 Å². The van der Waals surface area contributed by atoms with E-state index in [-0.39, 0.29) is 5.91 Å². The number of rotatable bonds is 4. The summed E-state index contributed by atoms with van der Waals surface area (Å²) in [6.07, 6.45) is 4.20. The van der Waals surface area contributed by atoms with E-state index in [2.05, 4.69) is 36.0 Å². The summed E-state index contributed by atoms with van der Waals surface area (Å²) in [6.45, 7) is 5.17. The van der Waals surface area contributed by atoms with Gasteiger partial charge in [-0.25, -0.2) is 0 Å². The third kappa shape index (κ3) is 4.56. The maximum absolute atomic E-state index is 11.9. The molecule has 1 heterocycles. The molecule has 1 amide bonds. The van der Waals surface area contributed by atoms with Crippen molar-refractivity contribution in [2.24, 2.45) is 11.7 Å². The van der Waals surface area contributed by atoms with Crippen LogP contribution in [0, 0.1) is 17.8 Å². The molecule has 0 aliphatic heterocycles. The molecule has 1 atom stereocenters. The zero-order valence-electron chi connectivity index (χ0n) is 10.9. The van der Waals surface area contributed by atoms with E-state index >= 15 is 0 Å². The summed E-state index contributed by atoms with van der Waals surface area (Å²) < 4.78 is 0. The fraction of sp³-hybridized carbons (Fsp3) is 0.429. The summed E-state index contributed by atoms with van der Waals surface area (Å²) >= 11 is 0. The van der Waals surface area contributed by atoms with Crippen LogP contribution in [-0.2, 0) is 0 Å². The van der Waals surface area contributed by atoms with Crippen molar-refractivity contribution in [1.82, 2.24) is 10.3 Å². The number of carbonyl (C=O) groups excluding carboxylic acids is 1. The molecule has 0 spiro atoms. The van der Waals surface area contributed by atoms with Crippen LogP contribution in [0.3, 0.4) is 0 Å². The first-order valence-electron chi connectivity index (χ1n) is 6.09. The Morgan fingerprint density at radius 3 is 3.00 bits per heavy atom. The van der Waals surface area contributed by atoms with Gasteiger partial charge in [0.15, 0.2) is 0 Å². The van der Waals surface area contributed by atoms with Gasteiger partial charge in [-0.15, -0.1) is 0 Å². The second-order valence-corrected chi connectivity index (χ2v) is 4.19. The SMILES string of the molecule is CCC(C)CNC(=O)c1cncc(C#CCN)c1. The van der Waals surface area contributed by atoms with E-state index in [9.17, 15) is 4.79 Å². The highest BCUT2D eigenvalue weighted by Crippen LogP contribution is 2.03. The highest BCUT2D eigenvalue weighted by Gasteiger charge is 2.07. The third-order valence-electron chi connectivity index (χ3n) is 2.64. The van der Waals surface area contributed by atoms with Crippen LogP contribution in [0.15, 0.2) is 18.5 Å². The van der Waals surface area contributed by atoms with Crippen molar-refractivity contribution >= 4 is 5.91 Å². The average molecular weight is 245 g/mol. The molecule has 0 saturated carbocycles. The molecule has 0 aliphatic rings. The van der Waals surface area contributed by atoms with Crippen LogP contribution in [0.2, 0.25) is 0 Å². The van der Waals surface area contributed by atoms with Crippen LogP contribution < -0.4 is 11.1 Å². The maximum atomic E-state index is 11.9. The number of aromatic nitrogens is 1. The van der Waals surface area contributed by atoms with Crippen LogP contribution >= 0.6 is 0 Å². The van der Waals surface area contributed by atoms with Crippen LogP contribution in [0.4, 0.5) is 0 Å². The lowest BCUT2D eigenvalue weighted by Crippen LogP contribution is -2.28.